The van der Waals surface area contributed by atoms with Crippen LogP contribution in [0.15, 0.2) is 76.1 Å². The normalized spacial score (nSPS) is 15.0. The number of carbonyl (C=O) groups excluding carboxylic acids is 2. The molecule has 0 unspecified atom stereocenters. The molecule has 1 aliphatic rings. The number of benzene rings is 3. The Labute approximate surface area is 196 Å². The van der Waals surface area contributed by atoms with E-state index in [9.17, 15) is 18.4 Å². The average Bonchev–Trinajstić information content (AvgIpc) is 3.02. The lowest BCUT2D eigenvalue weighted by molar-refractivity contribution is -0.123. The lowest BCUT2D eigenvalue weighted by atomic mass is 10.1. The van der Waals surface area contributed by atoms with Gasteiger partial charge in [-0.1, -0.05) is 40.2 Å². The van der Waals surface area contributed by atoms with Gasteiger partial charge in [0.1, 0.15) is 24.0 Å². The summed E-state index contributed by atoms with van der Waals surface area (Å²) in [5.74, 6) is -0.677. The number of imide groups is 1. The molecule has 0 radical (unpaired) electrons. The minimum atomic E-state index is -0.430. The molecule has 1 heterocycles. The summed E-state index contributed by atoms with van der Waals surface area (Å²) in [6, 6.07) is 17.0. The predicted molar refractivity (Wildman–Crippen MR) is 123 cm³/mol. The van der Waals surface area contributed by atoms with Gasteiger partial charge in [0.05, 0.1) is 11.4 Å². The van der Waals surface area contributed by atoms with Crippen molar-refractivity contribution in [2.45, 2.75) is 13.2 Å². The quantitative estimate of drug-likeness (QED) is 0.349. The van der Waals surface area contributed by atoms with Gasteiger partial charge < -0.3 is 4.74 Å². The van der Waals surface area contributed by atoms with Crippen LogP contribution in [0.25, 0.3) is 6.08 Å². The second kappa shape index (κ2) is 9.67. The van der Waals surface area contributed by atoms with Gasteiger partial charge in [-0.05, 0) is 71.4 Å². The van der Waals surface area contributed by atoms with Gasteiger partial charge in [-0.3, -0.25) is 14.5 Å². The number of hydrogen-bond donors (Lipinski definition) is 0. The zero-order valence-electron chi connectivity index (χ0n) is 16.6. The number of nitrogens with zero attached hydrogens (tertiary/aromatic N) is 1. The van der Waals surface area contributed by atoms with E-state index in [1.807, 2.05) is 0 Å². The van der Waals surface area contributed by atoms with Crippen LogP contribution in [-0.2, 0) is 17.9 Å². The van der Waals surface area contributed by atoms with Crippen molar-refractivity contribution < 1.29 is 23.1 Å². The molecule has 32 heavy (non-hydrogen) atoms. The molecule has 0 atom stereocenters. The van der Waals surface area contributed by atoms with Crippen molar-refractivity contribution in [3.8, 4) is 5.75 Å². The highest BCUT2D eigenvalue weighted by Gasteiger charge is 2.35. The fraction of sp³-hybridized carbons (Fsp3) is 0.0833. The molecule has 0 spiro atoms. The van der Waals surface area contributed by atoms with Crippen molar-refractivity contribution in [2.24, 2.45) is 0 Å². The number of rotatable bonds is 6. The van der Waals surface area contributed by atoms with Crippen LogP contribution in [0.4, 0.5) is 13.6 Å². The molecule has 162 valence electrons. The Morgan fingerprint density at radius 1 is 0.938 bits per heavy atom. The third-order valence-electron chi connectivity index (χ3n) is 4.67. The number of hydrogen-bond acceptors (Lipinski definition) is 4. The van der Waals surface area contributed by atoms with E-state index in [1.165, 1.54) is 36.4 Å². The molecule has 1 saturated heterocycles. The van der Waals surface area contributed by atoms with Crippen LogP contribution in [-0.4, -0.2) is 16.0 Å². The fourth-order valence-corrected chi connectivity index (χ4v) is 4.31. The van der Waals surface area contributed by atoms with Crippen molar-refractivity contribution in [1.82, 2.24) is 4.90 Å². The molecule has 0 aliphatic carbocycles. The van der Waals surface area contributed by atoms with Crippen molar-refractivity contribution in [2.75, 3.05) is 0 Å². The van der Waals surface area contributed by atoms with E-state index in [4.69, 9.17) is 4.74 Å². The van der Waals surface area contributed by atoms with Gasteiger partial charge in [-0.25, -0.2) is 8.78 Å². The maximum atomic E-state index is 13.4. The van der Waals surface area contributed by atoms with Crippen LogP contribution in [0, 0.1) is 11.6 Å². The van der Waals surface area contributed by atoms with Crippen LogP contribution < -0.4 is 4.74 Å². The summed E-state index contributed by atoms with van der Waals surface area (Å²) < 4.78 is 33.2. The summed E-state index contributed by atoms with van der Waals surface area (Å²) in [7, 11) is 0. The van der Waals surface area contributed by atoms with Gasteiger partial charge in [0.25, 0.3) is 11.1 Å². The van der Waals surface area contributed by atoms with Gasteiger partial charge in [0, 0.05) is 10.0 Å². The van der Waals surface area contributed by atoms with E-state index in [2.05, 4.69) is 15.9 Å². The summed E-state index contributed by atoms with van der Waals surface area (Å²) in [6.45, 7) is 0.204. The van der Waals surface area contributed by atoms with E-state index < -0.39 is 11.1 Å². The van der Waals surface area contributed by atoms with E-state index >= 15 is 0 Å². The molecule has 0 N–H and O–H groups in total. The number of halogens is 3. The van der Waals surface area contributed by atoms with Crippen molar-refractivity contribution in [3.05, 3.63) is 104 Å². The van der Waals surface area contributed by atoms with E-state index in [0.717, 1.165) is 21.1 Å². The molecule has 1 fully saturated rings. The summed E-state index contributed by atoms with van der Waals surface area (Å²) in [5, 5.41) is -0.400. The van der Waals surface area contributed by atoms with Gasteiger partial charge in [0.2, 0.25) is 0 Å². The van der Waals surface area contributed by atoms with Gasteiger partial charge in [-0.2, -0.15) is 0 Å². The Bertz CT molecular complexity index is 1210. The molecule has 4 rings (SSSR count). The van der Waals surface area contributed by atoms with Crippen molar-refractivity contribution >= 4 is 44.9 Å². The molecule has 2 amide bonds. The minimum Gasteiger partial charge on any atom is -0.488 e. The monoisotopic (exact) mass is 515 g/mol. The topological polar surface area (TPSA) is 46.6 Å². The first kappa shape index (κ1) is 22.2. The number of carbonyl (C=O) groups is 2. The SMILES string of the molecule is O=C1S/C(=C\c2cc(Br)ccc2OCc2cccc(F)c2)C(=O)N1Cc1ccc(F)cc1. The van der Waals surface area contributed by atoms with Gasteiger partial charge >= 0.3 is 0 Å². The average molecular weight is 516 g/mol. The van der Waals surface area contributed by atoms with Crippen LogP contribution in [0.2, 0.25) is 0 Å². The first-order valence-corrected chi connectivity index (χ1v) is 11.2. The molecule has 1 aliphatic heterocycles. The van der Waals surface area contributed by atoms with Crippen LogP contribution in [0.1, 0.15) is 16.7 Å². The highest BCUT2D eigenvalue weighted by molar-refractivity contribution is 9.10. The van der Waals surface area contributed by atoms with E-state index in [-0.39, 0.29) is 29.7 Å². The summed E-state index contributed by atoms with van der Waals surface area (Å²) in [5.41, 5.74) is 1.91. The molecule has 0 saturated carbocycles. The molecule has 8 heteroatoms. The molecule has 3 aromatic rings. The first-order chi connectivity index (χ1) is 15.4. The Balaban J connectivity index is 1.55. The van der Waals surface area contributed by atoms with Crippen LogP contribution in [0.3, 0.4) is 0 Å². The van der Waals surface area contributed by atoms with Crippen molar-refractivity contribution in [3.63, 3.8) is 0 Å². The second-order valence-corrected chi connectivity index (χ2v) is 8.90. The summed E-state index contributed by atoms with van der Waals surface area (Å²) in [6.07, 6.45) is 1.60. The third kappa shape index (κ3) is 5.26. The van der Waals surface area contributed by atoms with Crippen molar-refractivity contribution in [1.29, 1.82) is 0 Å². The molecule has 0 bridgehead atoms. The maximum Gasteiger partial charge on any atom is 0.293 e. The lowest BCUT2D eigenvalue weighted by Gasteiger charge is -2.12. The van der Waals surface area contributed by atoms with Gasteiger partial charge in [0.15, 0.2) is 0 Å². The van der Waals surface area contributed by atoms with E-state index in [0.29, 0.717) is 22.4 Å². The summed E-state index contributed by atoms with van der Waals surface area (Å²) >= 11 is 4.24. The Kier molecular flexibility index (Phi) is 6.72. The second-order valence-electron chi connectivity index (χ2n) is 7.00. The zero-order chi connectivity index (χ0) is 22.7. The molecule has 4 nitrogen and oxygen atoms in total. The minimum absolute atomic E-state index is 0.0592. The fourth-order valence-electron chi connectivity index (χ4n) is 3.10. The number of thioether (sulfide) groups is 1. The predicted octanol–water partition coefficient (Wildman–Crippen LogP) is 6.54. The van der Waals surface area contributed by atoms with Crippen LogP contribution in [0.5, 0.6) is 5.75 Å². The summed E-state index contributed by atoms with van der Waals surface area (Å²) in [4.78, 5) is 26.7. The molecule has 3 aromatic carbocycles. The number of amides is 2. The Hall–Kier alpha value is -2.97. The number of ether oxygens (including phenoxy) is 1. The standard InChI is InChI=1S/C24H16BrF2NO3S/c25-18-6-9-21(31-14-16-2-1-3-20(27)10-16)17(11-18)12-22-23(29)28(24(30)32-22)13-15-4-7-19(26)8-5-15/h1-12H,13-14H2/b22-12-. The highest BCUT2D eigenvalue weighted by atomic mass is 79.9. The largest absolute Gasteiger partial charge is 0.488 e. The molecular weight excluding hydrogens is 500 g/mol. The van der Waals surface area contributed by atoms with Crippen LogP contribution >= 0.6 is 27.7 Å². The third-order valence-corrected chi connectivity index (χ3v) is 6.07. The van der Waals surface area contributed by atoms with Gasteiger partial charge in [-0.15, -0.1) is 0 Å². The molecular formula is C24H16BrF2NO3S. The maximum absolute atomic E-state index is 13.4. The Morgan fingerprint density at radius 2 is 1.72 bits per heavy atom. The first-order valence-electron chi connectivity index (χ1n) is 9.55. The zero-order valence-corrected chi connectivity index (χ0v) is 19.0. The highest BCUT2D eigenvalue weighted by Crippen LogP contribution is 2.36. The van der Waals surface area contributed by atoms with E-state index in [1.54, 1.807) is 36.4 Å². The molecule has 0 aromatic heterocycles. The smallest absolute Gasteiger partial charge is 0.293 e. The lowest BCUT2D eigenvalue weighted by Crippen LogP contribution is -2.27. The Morgan fingerprint density at radius 3 is 2.47 bits per heavy atom.